The molecule has 2 aromatic carbocycles. The monoisotopic (exact) mass is 410 g/mol. The number of carbonyl (C=O) groups excluding carboxylic acids is 1. The van der Waals surface area contributed by atoms with E-state index >= 15 is 0 Å². The van der Waals surface area contributed by atoms with Crippen molar-refractivity contribution >= 4 is 46.6 Å². The van der Waals surface area contributed by atoms with E-state index in [9.17, 15) is 4.79 Å². The van der Waals surface area contributed by atoms with E-state index < -0.39 is 0 Å². The Morgan fingerprint density at radius 2 is 1.69 bits per heavy atom. The quantitative estimate of drug-likeness (QED) is 0.681. The summed E-state index contributed by atoms with van der Waals surface area (Å²) in [6.07, 6.45) is 0. The average molecular weight is 411 g/mol. The molecule has 7 heteroatoms. The Morgan fingerprint density at radius 1 is 1.04 bits per heavy atom. The minimum Gasteiger partial charge on any atom is -0.495 e. The van der Waals surface area contributed by atoms with Gasteiger partial charge in [-0.15, -0.1) is 11.8 Å². The van der Waals surface area contributed by atoms with Crippen LogP contribution in [0.2, 0.25) is 10.0 Å². The lowest BCUT2D eigenvalue weighted by Gasteiger charge is -2.36. The second-order valence-corrected chi connectivity index (χ2v) is 7.68. The number of piperazine rings is 1. The first kappa shape index (κ1) is 19.2. The molecule has 0 N–H and O–H groups in total. The van der Waals surface area contributed by atoms with E-state index in [1.165, 1.54) is 11.8 Å². The Hall–Kier alpha value is -1.56. The molecule has 0 saturated carbocycles. The molecule has 1 amide bonds. The van der Waals surface area contributed by atoms with Gasteiger partial charge in [0.1, 0.15) is 5.75 Å². The highest BCUT2D eigenvalue weighted by Gasteiger charge is 2.23. The number of carbonyl (C=O) groups is 1. The van der Waals surface area contributed by atoms with Crippen LogP contribution in [0.15, 0.2) is 47.4 Å². The van der Waals surface area contributed by atoms with E-state index in [0.29, 0.717) is 28.9 Å². The van der Waals surface area contributed by atoms with Crippen molar-refractivity contribution in [3.63, 3.8) is 0 Å². The summed E-state index contributed by atoms with van der Waals surface area (Å²) in [4.78, 5) is 17.4. The third-order valence-corrected chi connectivity index (χ3v) is 6.29. The second kappa shape index (κ2) is 8.89. The van der Waals surface area contributed by atoms with Gasteiger partial charge in [-0.2, -0.15) is 0 Å². The molecule has 3 rings (SSSR count). The predicted molar refractivity (Wildman–Crippen MR) is 109 cm³/mol. The lowest BCUT2D eigenvalue weighted by atomic mass is 10.2. The van der Waals surface area contributed by atoms with Crippen molar-refractivity contribution in [3.8, 4) is 5.75 Å². The smallest absolute Gasteiger partial charge is 0.233 e. The summed E-state index contributed by atoms with van der Waals surface area (Å²) in [7, 11) is 1.68. The van der Waals surface area contributed by atoms with Gasteiger partial charge < -0.3 is 14.5 Å². The fraction of sp³-hybridized carbons (Fsp3) is 0.316. The Bertz CT molecular complexity index is 760. The summed E-state index contributed by atoms with van der Waals surface area (Å²) in [6, 6.07) is 13.3. The van der Waals surface area contributed by atoms with E-state index in [2.05, 4.69) is 4.90 Å². The molecular weight excluding hydrogens is 391 g/mol. The highest BCUT2D eigenvalue weighted by Crippen LogP contribution is 2.34. The predicted octanol–water partition coefficient (Wildman–Crippen LogP) is 4.44. The molecule has 0 radical (unpaired) electrons. The maximum atomic E-state index is 12.5. The summed E-state index contributed by atoms with van der Waals surface area (Å²) < 4.78 is 5.43. The molecule has 26 heavy (non-hydrogen) atoms. The van der Waals surface area contributed by atoms with Gasteiger partial charge in [-0.1, -0.05) is 41.4 Å². The van der Waals surface area contributed by atoms with Gasteiger partial charge in [0.25, 0.3) is 0 Å². The Balaban J connectivity index is 1.55. The van der Waals surface area contributed by atoms with Gasteiger partial charge in [0.05, 0.1) is 28.6 Å². The molecule has 2 aromatic rings. The summed E-state index contributed by atoms with van der Waals surface area (Å²) in [5.41, 5.74) is 1.07. The first-order valence-electron chi connectivity index (χ1n) is 8.32. The summed E-state index contributed by atoms with van der Waals surface area (Å²) in [6.45, 7) is 2.94. The normalized spacial score (nSPS) is 14.4. The molecule has 1 aliphatic rings. The molecule has 0 aliphatic carbocycles. The fourth-order valence-corrected chi connectivity index (χ4v) is 4.52. The third kappa shape index (κ3) is 4.40. The van der Waals surface area contributed by atoms with Crippen LogP contribution < -0.4 is 9.64 Å². The van der Waals surface area contributed by atoms with Crippen LogP contribution in [0.1, 0.15) is 0 Å². The number of halogens is 2. The van der Waals surface area contributed by atoms with E-state index in [1.807, 2.05) is 29.2 Å². The van der Waals surface area contributed by atoms with Gasteiger partial charge in [0, 0.05) is 31.1 Å². The zero-order valence-electron chi connectivity index (χ0n) is 14.5. The number of nitrogens with zero attached hydrogens (tertiary/aromatic N) is 2. The van der Waals surface area contributed by atoms with Crippen molar-refractivity contribution in [2.24, 2.45) is 0 Å². The Morgan fingerprint density at radius 3 is 2.35 bits per heavy atom. The zero-order chi connectivity index (χ0) is 18.5. The van der Waals surface area contributed by atoms with Gasteiger partial charge >= 0.3 is 0 Å². The number of ether oxygens (including phenoxy) is 1. The minimum atomic E-state index is 0.102. The first-order chi connectivity index (χ1) is 12.6. The molecule has 0 spiro atoms. The van der Waals surface area contributed by atoms with E-state index in [0.717, 1.165) is 29.4 Å². The number of anilines is 1. The van der Waals surface area contributed by atoms with Crippen LogP contribution in [0.25, 0.3) is 0 Å². The Kier molecular flexibility index (Phi) is 6.57. The highest BCUT2D eigenvalue weighted by molar-refractivity contribution is 8.00. The van der Waals surface area contributed by atoms with Gasteiger partial charge in [-0.3, -0.25) is 4.79 Å². The van der Waals surface area contributed by atoms with Crippen molar-refractivity contribution in [3.05, 3.63) is 52.5 Å². The molecule has 1 heterocycles. The minimum absolute atomic E-state index is 0.102. The highest BCUT2D eigenvalue weighted by atomic mass is 35.5. The molecular formula is C19H20Cl2N2O2S. The molecule has 1 saturated heterocycles. The number of hydrogen-bond donors (Lipinski definition) is 0. The number of benzene rings is 2. The van der Waals surface area contributed by atoms with Crippen molar-refractivity contribution in [1.29, 1.82) is 0 Å². The van der Waals surface area contributed by atoms with Crippen molar-refractivity contribution in [2.75, 3.05) is 43.9 Å². The first-order valence-corrected chi connectivity index (χ1v) is 10.1. The molecule has 0 aromatic heterocycles. The summed E-state index contributed by atoms with van der Waals surface area (Å²) in [5, 5.41) is 1.16. The average Bonchev–Trinajstić information content (AvgIpc) is 2.67. The van der Waals surface area contributed by atoms with Crippen molar-refractivity contribution in [2.45, 2.75) is 4.90 Å². The van der Waals surface area contributed by atoms with Crippen LogP contribution in [0, 0.1) is 0 Å². The van der Waals surface area contributed by atoms with Crippen LogP contribution in [0.3, 0.4) is 0 Å². The SMILES string of the molecule is COc1ccccc1N1CCN(C(=O)CSc2c(Cl)cccc2Cl)CC1. The van der Waals surface area contributed by atoms with Crippen LogP contribution in [-0.4, -0.2) is 49.8 Å². The number of rotatable bonds is 5. The molecule has 0 atom stereocenters. The largest absolute Gasteiger partial charge is 0.495 e. The van der Waals surface area contributed by atoms with E-state index in [1.54, 1.807) is 25.3 Å². The number of methoxy groups -OCH3 is 1. The molecule has 0 bridgehead atoms. The molecule has 138 valence electrons. The van der Waals surface area contributed by atoms with Crippen molar-refractivity contribution in [1.82, 2.24) is 4.90 Å². The van der Waals surface area contributed by atoms with Crippen LogP contribution in [-0.2, 0) is 4.79 Å². The van der Waals surface area contributed by atoms with E-state index in [-0.39, 0.29) is 5.91 Å². The second-order valence-electron chi connectivity index (χ2n) is 5.88. The van der Waals surface area contributed by atoms with Gasteiger partial charge in [-0.25, -0.2) is 0 Å². The lowest BCUT2D eigenvalue weighted by molar-refractivity contribution is -0.128. The number of hydrogen-bond acceptors (Lipinski definition) is 4. The van der Waals surface area contributed by atoms with Gasteiger partial charge in [-0.05, 0) is 24.3 Å². The fourth-order valence-electron chi connectivity index (χ4n) is 2.93. The standard InChI is InChI=1S/C19H20Cl2N2O2S/c1-25-17-8-3-2-7-16(17)22-9-11-23(12-10-22)18(24)13-26-19-14(20)5-4-6-15(19)21/h2-8H,9-13H2,1H3. The topological polar surface area (TPSA) is 32.8 Å². The molecule has 0 unspecified atom stereocenters. The molecule has 4 nitrogen and oxygen atoms in total. The van der Waals surface area contributed by atoms with Gasteiger partial charge in [0.15, 0.2) is 0 Å². The third-order valence-electron chi connectivity index (χ3n) is 4.32. The van der Waals surface area contributed by atoms with Crippen LogP contribution in [0.4, 0.5) is 5.69 Å². The maximum Gasteiger partial charge on any atom is 0.233 e. The number of amides is 1. The maximum absolute atomic E-state index is 12.5. The van der Waals surface area contributed by atoms with Crippen LogP contribution >= 0.6 is 35.0 Å². The molecule has 1 fully saturated rings. The number of thioether (sulfide) groups is 1. The van der Waals surface area contributed by atoms with Gasteiger partial charge in [0.2, 0.25) is 5.91 Å². The summed E-state index contributed by atoms with van der Waals surface area (Å²) in [5.74, 6) is 1.29. The number of para-hydroxylation sites is 2. The molecule has 1 aliphatic heterocycles. The summed E-state index contributed by atoms with van der Waals surface area (Å²) >= 11 is 13.7. The van der Waals surface area contributed by atoms with Crippen molar-refractivity contribution < 1.29 is 9.53 Å². The zero-order valence-corrected chi connectivity index (χ0v) is 16.8. The lowest BCUT2D eigenvalue weighted by Crippen LogP contribution is -2.49. The van der Waals surface area contributed by atoms with E-state index in [4.69, 9.17) is 27.9 Å². The van der Waals surface area contributed by atoms with Crippen LogP contribution in [0.5, 0.6) is 5.75 Å². The Labute approximate surface area is 168 Å².